The van der Waals surface area contributed by atoms with Crippen LogP contribution in [0.3, 0.4) is 0 Å². The molecule has 0 amide bonds. The summed E-state index contributed by atoms with van der Waals surface area (Å²) in [5, 5.41) is 1.42. The first kappa shape index (κ1) is 11.2. The van der Waals surface area contributed by atoms with Crippen LogP contribution in [0.2, 0.25) is 5.02 Å². The highest BCUT2D eigenvalue weighted by atomic mass is 79.9. The van der Waals surface area contributed by atoms with Crippen molar-refractivity contribution >= 4 is 54.4 Å². The monoisotopic (exact) mass is 349 g/mol. The molecule has 0 unspecified atom stereocenters. The van der Waals surface area contributed by atoms with Crippen molar-refractivity contribution in [3.8, 4) is 5.75 Å². The number of hydrogen-bond donors (Lipinski definition) is 0. The van der Waals surface area contributed by atoms with E-state index in [4.69, 9.17) is 16.3 Å². The summed E-state index contributed by atoms with van der Waals surface area (Å²) in [6.07, 6.45) is 1.68. The van der Waals surface area contributed by atoms with Crippen molar-refractivity contribution in [3.05, 3.63) is 32.3 Å². The highest BCUT2D eigenvalue weighted by molar-refractivity contribution is 9.11. The van der Waals surface area contributed by atoms with Crippen molar-refractivity contribution in [2.75, 3.05) is 7.11 Å². The Bertz CT molecular complexity index is 530. The molecule has 0 saturated heterocycles. The lowest BCUT2D eigenvalue weighted by Gasteiger charge is -2.08. The van der Waals surface area contributed by atoms with Crippen molar-refractivity contribution in [2.24, 2.45) is 0 Å². The van der Waals surface area contributed by atoms with Crippen LogP contribution in [-0.2, 0) is 0 Å². The summed E-state index contributed by atoms with van der Waals surface area (Å²) in [7, 11) is 1.61. The van der Waals surface area contributed by atoms with Crippen LogP contribution in [0.4, 0.5) is 0 Å². The molecule has 0 fully saturated rings. The molecule has 5 heteroatoms. The fourth-order valence-corrected chi connectivity index (χ4v) is 2.32. The summed E-state index contributed by atoms with van der Waals surface area (Å²) in [5.74, 6) is 0.715. The summed E-state index contributed by atoms with van der Waals surface area (Å²) in [4.78, 5) is 4.29. The van der Waals surface area contributed by atoms with Gasteiger partial charge in [-0.2, -0.15) is 0 Å². The normalized spacial score (nSPS) is 10.7. The van der Waals surface area contributed by atoms with E-state index in [1.165, 1.54) is 0 Å². The molecule has 2 rings (SSSR count). The SMILES string of the molecule is COc1ccc(Br)c2ncc(Br)c(Cl)c12. The molecule has 0 N–H and O–H groups in total. The molecule has 0 aliphatic rings. The zero-order valence-corrected chi connectivity index (χ0v) is 11.6. The van der Waals surface area contributed by atoms with Crippen molar-refractivity contribution in [3.63, 3.8) is 0 Å². The zero-order valence-electron chi connectivity index (χ0n) is 7.72. The molecular formula is C10H6Br2ClNO. The summed E-state index contributed by atoms with van der Waals surface area (Å²) in [6, 6.07) is 3.74. The van der Waals surface area contributed by atoms with Gasteiger partial charge < -0.3 is 4.74 Å². The lowest BCUT2D eigenvalue weighted by molar-refractivity contribution is 0.419. The number of rotatable bonds is 1. The average Bonchev–Trinajstić information content (AvgIpc) is 2.24. The number of aromatic nitrogens is 1. The van der Waals surface area contributed by atoms with E-state index in [0.717, 1.165) is 19.8 Å². The lowest BCUT2D eigenvalue weighted by Crippen LogP contribution is -1.89. The standard InChI is InChI=1S/C10H6Br2ClNO/c1-15-7-3-2-5(11)10-8(7)9(13)6(12)4-14-10/h2-4H,1H3. The van der Waals surface area contributed by atoms with E-state index in [-0.39, 0.29) is 0 Å². The Morgan fingerprint density at radius 1 is 1.27 bits per heavy atom. The van der Waals surface area contributed by atoms with Gasteiger partial charge in [0.25, 0.3) is 0 Å². The number of ether oxygens (including phenoxy) is 1. The van der Waals surface area contributed by atoms with Crippen LogP contribution in [0, 0.1) is 0 Å². The van der Waals surface area contributed by atoms with E-state index in [2.05, 4.69) is 36.8 Å². The largest absolute Gasteiger partial charge is 0.496 e. The molecule has 1 aromatic carbocycles. The van der Waals surface area contributed by atoms with E-state index in [1.54, 1.807) is 13.3 Å². The van der Waals surface area contributed by atoms with Crippen molar-refractivity contribution in [1.29, 1.82) is 0 Å². The lowest BCUT2D eigenvalue weighted by atomic mass is 10.2. The molecular weight excluding hydrogens is 345 g/mol. The summed E-state index contributed by atoms with van der Waals surface area (Å²) < 4.78 is 6.91. The highest BCUT2D eigenvalue weighted by Crippen LogP contribution is 2.38. The Hall–Kier alpha value is -0.320. The van der Waals surface area contributed by atoms with Crippen LogP contribution >= 0.6 is 43.5 Å². The van der Waals surface area contributed by atoms with E-state index < -0.39 is 0 Å². The summed E-state index contributed by atoms with van der Waals surface area (Å²) >= 11 is 13.0. The maximum absolute atomic E-state index is 6.19. The molecule has 0 radical (unpaired) electrons. The van der Waals surface area contributed by atoms with E-state index in [0.29, 0.717) is 10.8 Å². The summed E-state index contributed by atoms with van der Waals surface area (Å²) in [5.41, 5.74) is 0.794. The fourth-order valence-electron chi connectivity index (χ4n) is 1.35. The first-order valence-electron chi connectivity index (χ1n) is 4.11. The smallest absolute Gasteiger partial charge is 0.129 e. The van der Waals surface area contributed by atoms with Crippen LogP contribution in [-0.4, -0.2) is 12.1 Å². The Kier molecular flexibility index (Phi) is 3.19. The molecule has 2 aromatic rings. The number of benzene rings is 1. The second-order valence-corrected chi connectivity index (χ2v) is 4.98. The topological polar surface area (TPSA) is 22.1 Å². The van der Waals surface area contributed by atoms with Crippen LogP contribution in [0.1, 0.15) is 0 Å². The molecule has 0 aliphatic carbocycles. The second kappa shape index (κ2) is 4.28. The van der Waals surface area contributed by atoms with Gasteiger partial charge in [-0.15, -0.1) is 0 Å². The molecule has 15 heavy (non-hydrogen) atoms. The Labute approximate surface area is 109 Å². The minimum absolute atomic E-state index is 0.609. The molecule has 2 nitrogen and oxygen atoms in total. The molecule has 1 aromatic heterocycles. The van der Waals surface area contributed by atoms with E-state index >= 15 is 0 Å². The predicted molar refractivity (Wildman–Crippen MR) is 68.7 cm³/mol. The van der Waals surface area contributed by atoms with Crippen molar-refractivity contribution < 1.29 is 4.74 Å². The third kappa shape index (κ3) is 1.86. The summed E-state index contributed by atoms with van der Waals surface area (Å²) in [6.45, 7) is 0. The molecule has 78 valence electrons. The molecule has 0 saturated carbocycles. The van der Waals surface area contributed by atoms with Gasteiger partial charge in [0.1, 0.15) is 5.75 Å². The van der Waals surface area contributed by atoms with Gasteiger partial charge in [-0.05, 0) is 44.0 Å². The molecule has 0 spiro atoms. The quantitative estimate of drug-likeness (QED) is 0.759. The van der Waals surface area contributed by atoms with Crippen molar-refractivity contribution in [1.82, 2.24) is 4.98 Å². The number of pyridine rings is 1. The van der Waals surface area contributed by atoms with Crippen LogP contribution < -0.4 is 4.74 Å². The Morgan fingerprint density at radius 2 is 2.00 bits per heavy atom. The minimum atomic E-state index is 0.609. The molecule has 0 aliphatic heterocycles. The number of methoxy groups -OCH3 is 1. The molecule has 0 bridgehead atoms. The maximum atomic E-state index is 6.19. The van der Waals surface area contributed by atoms with Gasteiger partial charge in [-0.1, -0.05) is 11.6 Å². The van der Waals surface area contributed by atoms with Gasteiger partial charge in [0.15, 0.2) is 0 Å². The van der Waals surface area contributed by atoms with Gasteiger partial charge >= 0.3 is 0 Å². The highest BCUT2D eigenvalue weighted by Gasteiger charge is 2.12. The third-order valence-corrected chi connectivity index (χ3v) is 3.91. The van der Waals surface area contributed by atoms with Crippen molar-refractivity contribution in [2.45, 2.75) is 0 Å². The number of fused-ring (bicyclic) bond motifs is 1. The zero-order chi connectivity index (χ0) is 11.0. The van der Waals surface area contributed by atoms with E-state index in [9.17, 15) is 0 Å². The average molecular weight is 351 g/mol. The minimum Gasteiger partial charge on any atom is -0.496 e. The number of nitrogens with zero attached hydrogens (tertiary/aromatic N) is 1. The molecule has 0 atom stereocenters. The third-order valence-electron chi connectivity index (χ3n) is 2.05. The van der Waals surface area contributed by atoms with Gasteiger partial charge in [0.2, 0.25) is 0 Å². The first-order chi connectivity index (χ1) is 7.15. The Balaban J connectivity index is 2.95. The number of halogens is 3. The van der Waals surface area contributed by atoms with Gasteiger partial charge in [-0.3, -0.25) is 4.98 Å². The Morgan fingerprint density at radius 3 is 2.67 bits per heavy atom. The van der Waals surface area contributed by atoms with Gasteiger partial charge in [0, 0.05) is 10.7 Å². The van der Waals surface area contributed by atoms with Crippen LogP contribution in [0.25, 0.3) is 10.9 Å². The van der Waals surface area contributed by atoms with Crippen LogP contribution in [0.15, 0.2) is 27.3 Å². The van der Waals surface area contributed by atoms with Crippen LogP contribution in [0.5, 0.6) is 5.75 Å². The second-order valence-electron chi connectivity index (χ2n) is 2.89. The fraction of sp³-hybridized carbons (Fsp3) is 0.100. The van der Waals surface area contributed by atoms with Gasteiger partial charge in [-0.25, -0.2) is 0 Å². The van der Waals surface area contributed by atoms with E-state index in [1.807, 2.05) is 12.1 Å². The maximum Gasteiger partial charge on any atom is 0.129 e. The van der Waals surface area contributed by atoms with Gasteiger partial charge in [0.05, 0.1) is 27.5 Å². The number of hydrogen-bond acceptors (Lipinski definition) is 2. The predicted octanol–water partition coefficient (Wildman–Crippen LogP) is 4.42. The first-order valence-corrected chi connectivity index (χ1v) is 6.07. The molecule has 1 heterocycles.